The van der Waals surface area contributed by atoms with Gasteiger partial charge in [0.2, 0.25) is 0 Å². The van der Waals surface area contributed by atoms with Crippen molar-refractivity contribution in [3.63, 3.8) is 0 Å². The minimum absolute atomic E-state index is 0.519. The molecule has 5 heteroatoms. The van der Waals surface area contributed by atoms with Gasteiger partial charge in [-0.2, -0.15) is 5.10 Å². The van der Waals surface area contributed by atoms with E-state index in [2.05, 4.69) is 5.10 Å². The molecule has 0 spiro atoms. The van der Waals surface area contributed by atoms with Crippen LogP contribution < -0.4 is 5.46 Å². The topological polar surface area (TPSA) is 58.3 Å². The quantitative estimate of drug-likeness (QED) is 0.716. The third-order valence-electron chi connectivity index (χ3n) is 3.09. The zero-order chi connectivity index (χ0) is 11.1. The zero-order valence-corrected chi connectivity index (χ0v) is 8.87. The van der Waals surface area contributed by atoms with Crippen molar-refractivity contribution in [3.8, 4) is 0 Å². The Morgan fingerprint density at radius 3 is 2.88 bits per heavy atom. The predicted molar refractivity (Wildman–Crippen MR) is 62.3 cm³/mol. The van der Waals surface area contributed by atoms with Gasteiger partial charge in [-0.3, -0.25) is 4.68 Å². The van der Waals surface area contributed by atoms with Crippen molar-refractivity contribution >= 4 is 23.5 Å². The highest BCUT2D eigenvalue weighted by atomic mass is 16.4. The number of rotatable bonds is 3. The average Bonchev–Trinajstić information content (AvgIpc) is 2.99. The van der Waals surface area contributed by atoms with Gasteiger partial charge in [0.1, 0.15) is 0 Å². The first-order valence-corrected chi connectivity index (χ1v) is 5.55. The Labute approximate surface area is 93.7 Å². The summed E-state index contributed by atoms with van der Waals surface area (Å²) in [6, 6.07) is 5.39. The van der Waals surface area contributed by atoms with Crippen molar-refractivity contribution in [1.82, 2.24) is 9.78 Å². The third-order valence-corrected chi connectivity index (χ3v) is 3.09. The van der Waals surface area contributed by atoms with Gasteiger partial charge in [0, 0.05) is 11.9 Å². The summed E-state index contributed by atoms with van der Waals surface area (Å²) in [6.45, 7) is 0.939. The van der Waals surface area contributed by atoms with Crippen LogP contribution in [0.25, 0.3) is 10.9 Å². The lowest BCUT2D eigenvalue weighted by molar-refractivity contribution is 0.426. The van der Waals surface area contributed by atoms with E-state index in [9.17, 15) is 0 Å². The van der Waals surface area contributed by atoms with E-state index in [1.807, 2.05) is 16.9 Å². The molecule has 1 fully saturated rings. The molecule has 0 aliphatic heterocycles. The normalized spacial score (nSPS) is 15.6. The predicted octanol–water partition coefficient (Wildman–Crippen LogP) is 0.126. The van der Waals surface area contributed by atoms with E-state index >= 15 is 0 Å². The molecule has 0 amide bonds. The van der Waals surface area contributed by atoms with Crippen molar-refractivity contribution in [2.45, 2.75) is 19.4 Å². The number of nitrogens with zero attached hydrogens (tertiary/aromatic N) is 2. The summed E-state index contributed by atoms with van der Waals surface area (Å²) in [7, 11) is -1.41. The molecule has 1 aromatic heterocycles. The van der Waals surface area contributed by atoms with E-state index in [1.165, 1.54) is 12.8 Å². The van der Waals surface area contributed by atoms with Crippen molar-refractivity contribution in [2.75, 3.05) is 0 Å². The van der Waals surface area contributed by atoms with Gasteiger partial charge in [-0.15, -0.1) is 0 Å². The maximum Gasteiger partial charge on any atom is 0.488 e. The van der Waals surface area contributed by atoms with Crippen molar-refractivity contribution < 1.29 is 10.0 Å². The zero-order valence-electron chi connectivity index (χ0n) is 8.87. The van der Waals surface area contributed by atoms with Crippen LogP contribution in [0, 0.1) is 5.92 Å². The van der Waals surface area contributed by atoms with Crippen LogP contribution in [-0.2, 0) is 6.54 Å². The molecule has 2 aromatic rings. The van der Waals surface area contributed by atoms with E-state index < -0.39 is 7.12 Å². The summed E-state index contributed by atoms with van der Waals surface area (Å²) in [5.74, 6) is 0.755. The van der Waals surface area contributed by atoms with Gasteiger partial charge in [0.15, 0.2) is 0 Å². The molecule has 3 rings (SSSR count). The van der Waals surface area contributed by atoms with Gasteiger partial charge < -0.3 is 10.0 Å². The summed E-state index contributed by atoms with van der Waals surface area (Å²) in [5.41, 5.74) is 1.50. The van der Waals surface area contributed by atoms with E-state index in [0.29, 0.717) is 5.46 Å². The minimum Gasteiger partial charge on any atom is -0.423 e. The molecule has 4 nitrogen and oxygen atoms in total. The van der Waals surface area contributed by atoms with Crippen LogP contribution in [0.2, 0.25) is 0 Å². The fourth-order valence-electron chi connectivity index (χ4n) is 1.94. The highest BCUT2D eigenvalue weighted by molar-refractivity contribution is 6.58. The maximum atomic E-state index is 9.13. The van der Waals surface area contributed by atoms with E-state index in [4.69, 9.17) is 10.0 Å². The molecule has 0 atom stereocenters. The van der Waals surface area contributed by atoms with Gasteiger partial charge >= 0.3 is 7.12 Å². The van der Waals surface area contributed by atoms with Crippen LogP contribution in [0.15, 0.2) is 24.4 Å². The minimum atomic E-state index is -1.41. The molecule has 0 unspecified atom stereocenters. The van der Waals surface area contributed by atoms with Crippen molar-refractivity contribution in [1.29, 1.82) is 0 Å². The lowest BCUT2D eigenvalue weighted by Gasteiger charge is -2.03. The van der Waals surface area contributed by atoms with E-state index in [-0.39, 0.29) is 0 Å². The second-order valence-corrected chi connectivity index (χ2v) is 4.46. The Bertz CT molecular complexity index is 520. The largest absolute Gasteiger partial charge is 0.488 e. The SMILES string of the molecule is OB(O)c1ccc2cnn(CC3CC3)c2c1. The summed E-state index contributed by atoms with van der Waals surface area (Å²) in [6.07, 6.45) is 4.39. The molecular formula is C11H13BN2O2. The molecule has 1 aliphatic rings. The molecule has 82 valence electrons. The lowest BCUT2D eigenvalue weighted by Crippen LogP contribution is -2.29. The molecule has 0 radical (unpaired) electrons. The Morgan fingerprint density at radius 1 is 1.38 bits per heavy atom. The second-order valence-electron chi connectivity index (χ2n) is 4.46. The monoisotopic (exact) mass is 216 g/mol. The fourth-order valence-corrected chi connectivity index (χ4v) is 1.94. The van der Waals surface area contributed by atoms with Crippen LogP contribution in [0.1, 0.15) is 12.8 Å². The highest BCUT2D eigenvalue weighted by Crippen LogP contribution is 2.31. The Kier molecular flexibility index (Phi) is 2.23. The molecule has 1 saturated carbocycles. The summed E-state index contributed by atoms with van der Waals surface area (Å²) in [5, 5.41) is 23.6. The number of fused-ring (bicyclic) bond motifs is 1. The number of hydrogen-bond donors (Lipinski definition) is 2. The highest BCUT2D eigenvalue weighted by Gasteiger charge is 2.23. The first-order chi connectivity index (χ1) is 7.74. The molecule has 1 heterocycles. The van der Waals surface area contributed by atoms with Crippen LogP contribution in [-0.4, -0.2) is 26.9 Å². The molecule has 1 aliphatic carbocycles. The lowest BCUT2D eigenvalue weighted by atomic mass is 9.80. The van der Waals surface area contributed by atoms with Gasteiger partial charge in [-0.05, 0) is 30.3 Å². The molecule has 0 bridgehead atoms. The van der Waals surface area contributed by atoms with Gasteiger partial charge in [0.25, 0.3) is 0 Å². The summed E-state index contributed by atoms with van der Waals surface area (Å²) in [4.78, 5) is 0. The Hall–Kier alpha value is -1.33. The average molecular weight is 216 g/mol. The van der Waals surface area contributed by atoms with Gasteiger partial charge in [-0.1, -0.05) is 12.1 Å². The third kappa shape index (κ3) is 1.72. The number of hydrogen-bond acceptors (Lipinski definition) is 3. The number of aromatic nitrogens is 2. The molecule has 0 saturated heterocycles. The van der Waals surface area contributed by atoms with Crippen LogP contribution in [0.5, 0.6) is 0 Å². The Balaban J connectivity index is 2.03. The van der Waals surface area contributed by atoms with Crippen LogP contribution in [0.3, 0.4) is 0 Å². The standard InChI is InChI=1S/C11H13BN2O2/c15-12(16)10-4-3-9-6-13-14(11(9)5-10)7-8-1-2-8/h3-6,8,15-16H,1-2,7H2. The summed E-state index contributed by atoms with van der Waals surface area (Å²) >= 11 is 0. The summed E-state index contributed by atoms with van der Waals surface area (Å²) < 4.78 is 1.96. The van der Waals surface area contributed by atoms with Crippen LogP contribution in [0.4, 0.5) is 0 Å². The van der Waals surface area contributed by atoms with E-state index in [1.54, 1.807) is 12.1 Å². The molecule has 1 aromatic carbocycles. The smallest absolute Gasteiger partial charge is 0.423 e. The van der Waals surface area contributed by atoms with Gasteiger partial charge in [-0.25, -0.2) is 0 Å². The van der Waals surface area contributed by atoms with Crippen molar-refractivity contribution in [2.24, 2.45) is 5.92 Å². The first-order valence-electron chi connectivity index (χ1n) is 5.55. The van der Waals surface area contributed by atoms with Crippen LogP contribution >= 0.6 is 0 Å². The molecule has 2 N–H and O–H groups in total. The number of benzene rings is 1. The van der Waals surface area contributed by atoms with Crippen molar-refractivity contribution in [3.05, 3.63) is 24.4 Å². The van der Waals surface area contributed by atoms with E-state index in [0.717, 1.165) is 23.4 Å². The molecule has 16 heavy (non-hydrogen) atoms. The van der Waals surface area contributed by atoms with Gasteiger partial charge in [0.05, 0.1) is 11.7 Å². The fraction of sp³-hybridized carbons (Fsp3) is 0.364. The second kappa shape index (κ2) is 3.61. The first kappa shape index (κ1) is 9.87. The Morgan fingerprint density at radius 2 is 2.19 bits per heavy atom. The maximum absolute atomic E-state index is 9.13. The molecular weight excluding hydrogens is 203 g/mol.